The first-order valence-corrected chi connectivity index (χ1v) is 8.88. The fraction of sp³-hybridized carbons (Fsp3) is 0.412. The molecule has 2 aromatic rings. The standard InChI is InChI=1S/C17H22N4OS/c1-21(17-19-7-2-8-20-17)9-10-22-15-5-3-14(4-6-15)11-16-12-18-13-23-16/h2-8,16,18H,9-13H2,1H3. The van der Waals surface area contributed by atoms with Crippen molar-refractivity contribution in [1.29, 1.82) is 0 Å². The Morgan fingerprint density at radius 3 is 2.74 bits per heavy atom. The molecular weight excluding hydrogens is 308 g/mol. The Hall–Kier alpha value is -1.79. The lowest BCUT2D eigenvalue weighted by Crippen LogP contribution is -2.25. The van der Waals surface area contributed by atoms with Gasteiger partial charge >= 0.3 is 0 Å². The Kier molecular flexibility index (Phi) is 5.71. The van der Waals surface area contributed by atoms with Gasteiger partial charge in [-0.3, -0.25) is 0 Å². The summed E-state index contributed by atoms with van der Waals surface area (Å²) in [5, 5.41) is 4.07. The summed E-state index contributed by atoms with van der Waals surface area (Å²) in [7, 11) is 1.97. The molecule has 0 saturated carbocycles. The van der Waals surface area contributed by atoms with Crippen molar-refractivity contribution in [2.45, 2.75) is 11.7 Å². The Bertz CT molecular complexity index is 587. The van der Waals surface area contributed by atoms with Gasteiger partial charge in [0.15, 0.2) is 0 Å². The number of nitrogens with one attached hydrogen (secondary N) is 1. The van der Waals surface area contributed by atoms with Crippen molar-refractivity contribution in [3.63, 3.8) is 0 Å². The predicted octanol–water partition coefficient (Wildman–Crippen LogP) is 2.20. The van der Waals surface area contributed by atoms with Crippen LogP contribution in [0.15, 0.2) is 42.7 Å². The second-order valence-corrected chi connectivity index (χ2v) is 6.84. The molecule has 1 N–H and O–H groups in total. The third-order valence-electron chi connectivity index (χ3n) is 3.77. The van der Waals surface area contributed by atoms with Crippen molar-refractivity contribution in [3.8, 4) is 5.75 Å². The van der Waals surface area contributed by atoms with Crippen LogP contribution in [0.3, 0.4) is 0 Å². The predicted molar refractivity (Wildman–Crippen MR) is 95.2 cm³/mol. The van der Waals surface area contributed by atoms with Crippen molar-refractivity contribution in [2.75, 3.05) is 37.5 Å². The fourth-order valence-corrected chi connectivity index (χ4v) is 3.48. The number of benzene rings is 1. The molecule has 2 heterocycles. The Labute approximate surface area is 141 Å². The molecule has 0 aliphatic carbocycles. The average Bonchev–Trinajstić information content (AvgIpc) is 3.10. The molecule has 0 bridgehead atoms. The second kappa shape index (κ2) is 8.17. The van der Waals surface area contributed by atoms with Crippen molar-refractivity contribution in [3.05, 3.63) is 48.3 Å². The van der Waals surface area contributed by atoms with Gasteiger partial charge in [-0.2, -0.15) is 0 Å². The molecule has 3 rings (SSSR count). The summed E-state index contributed by atoms with van der Waals surface area (Å²) < 4.78 is 5.81. The van der Waals surface area contributed by atoms with E-state index in [2.05, 4.69) is 39.6 Å². The average molecular weight is 330 g/mol. The summed E-state index contributed by atoms with van der Waals surface area (Å²) in [5.41, 5.74) is 1.37. The zero-order valence-electron chi connectivity index (χ0n) is 13.3. The number of nitrogens with zero attached hydrogens (tertiary/aromatic N) is 3. The molecule has 122 valence electrons. The molecular formula is C17H22N4OS. The normalized spacial score (nSPS) is 17.2. The first-order chi connectivity index (χ1) is 11.3. The summed E-state index contributed by atoms with van der Waals surface area (Å²) in [4.78, 5) is 10.4. The number of ether oxygens (including phenoxy) is 1. The highest BCUT2D eigenvalue weighted by atomic mass is 32.2. The van der Waals surface area contributed by atoms with Crippen LogP contribution in [0, 0.1) is 0 Å². The van der Waals surface area contributed by atoms with Crippen LogP contribution in [0.5, 0.6) is 5.75 Å². The maximum absolute atomic E-state index is 5.81. The maximum atomic E-state index is 5.81. The number of likely N-dealkylation sites (N-methyl/N-ethyl adjacent to an activating group) is 1. The van der Waals surface area contributed by atoms with Gasteiger partial charge in [-0.05, 0) is 30.2 Å². The highest BCUT2D eigenvalue weighted by molar-refractivity contribution is 8.00. The van der Waals surface area contributed by atoms with Gasteiger partial charge in [0, 0.05) is 37.1 Å². The number of aromatic nitrogens is 2. The molecule has 0 amide bonds. The number of hydrogen-bond donors (Lipinski definition) is 1. The fourth-order valence-electron chi connectivity index (χ4n) is 2.46. The Balaban J connectivity index is 1.43. The minimum atomic E-state index is 0.608. The zero-order chi connectivity index (χ0) is 15.9. The van der Waals surface area contributed by atoms with E-state index >= 15 is 0 Å². The van der Waals surface area contributed by atoms with Crippen molar-refractivity contribution >= 4 is 17.7 Å². The highest BCUT2D eigenvalue weighted by Crippen LogP contribution is 2.21. The van der Waals surface area contributed by atoms with E-state index in [1.807, 2.05) is 29.8 Å². The van der Waals surface area contributed by atoms with Crippen LogP contribution in [0.4, 0.5) is 5.95 Å². The Morgan fingerprint density at radius 1 is 1.26 bits per heavy atom. The first-order valence-electron chi connectivity index (χ1n) is 7.83. The Morgan fingerprint density at radius 2 is 2.04 bits per heavy atom. The highest BCUT2D eigenvalue weighted by Gasteiger charge is 2.15. The lowest BCUT2D eigenvalue weighted by Gasteiger charge is -2.17. The van der Waals surface area contributed by atoms with Crippen molar-refractivity contribution < 1.29 is 4.74 Å². The van der Waals surface area contributed by atoms with Crippen molar-refractivity contribution in [2.24, 2.45) is 0 Å². The van der Waals surface area contributed by atoms with Crippen molar-refractivity contribution in [1.82, 2.24) is 15.3 Å². The molecule has 1 atom stereocenters. The third-order valence-corrected chi connectivity index (χ3v) is 4.94. The number of anilines is 1. The van der Waals surface area contributed by atoms with E-state index in [-0.39, 0.29) is 0 Å². The monoisotopic (exact) mass is 330 g/mol. The summed E-state index contributed by atoms with van der Waals surface area (Å²) >= 11 is 2.00. The molecule has 1 aromatic carbocycles. The quantitative estimate of drug-likeness (QED) is 0.840. The third kappa shape index (κ3) is 4.84. The van der Waals surface area contributed by atoms with E-state index in [0.29, 0.717) is 17.8 Å². The molecule has 1 fully saturated rings. The second-order valence-electron chi connectivity index (χ2n) is 5.55. The number of thioether (sulfide) groups is 1. The molecule has 1 unspecified atom stereocenters. The molecule has 6 heteroatoms. The number of hydrogen-bond acceptors (Lipinski definition) is 6. The van der Waals surface area contributed by atoms with Crippen LogP contribution < -0.4 is 15.0 Å². The minimum Gasteiger partial charge on any atom is -0.492 e. The van der Waals surface area contributed by atoms with Crippen LogP contribution in [-0.2, 0) is 6.42 Å². The summed E-state index contributed by atoms with van der Waals surface area (Å²) in [6, 6.07) is 10.3. The van der Waals surface area contributed by atoms with E-state index in [1.54, 1.807) is 12.4 Å². The lowest BCUT2D eigenvalue weighted by molar-refractivity contribution is 0.325. The summed E-state index contributed by atoms with van der Waals surface area (Å²) in [6.07, 6.45) is 4.61. The van der Waals surface area contributed by atoms with Gasteiger partial charge in [-0.1, -0.05) is 12.1 Å². The molecule has 1 aliphatic heterocycles. The topological polar surface area (TPSA) is 50.3 Å². The van der Waals surface area contributed by atoms with E-state index in [4.69, 9.17) is 4.74 Å². The minimum absolute atomic E-state index is 0.608. The van der Waals surface area contributed by atoms with Crippen LogP contribution >= 0.6 is 11.8 Å². The number of rotatable bonds is 7. The van der Waals surface area contributed by atoms with E-state index in [1.165, 1.54) is 5.56 Å². The van der Waals surface area contributed by atoms with Gasteiger partial charge in [-0.15, -0.1) is 11.8 Å². The van der Waals surface area contributed by atoms with Gasteiger partial charge in [0.2, 0.25) is 5.95 Å². The van der Waals surface area contributed by atoms with Gasteiger partial charge in [0.1, 0.15) is 12.4 Å². The summed E-state index contributed by atoms with van der Waals surface area (Å²) in [5.74, 6) is 2.70. The van der Waals surface area contributed by atoms with Crippen LogP contribution in [0.2, 0.25) is 0 Å². The van der Waals surface area contributed by atoms with Crippen LogP contribution in [-0.4, -0.2) is 47.8 Å². The molecule has 0 radical (unpaired) electrons. The van der Waals surface area contributed by atoms with E-state index in [9.17, 15) is 0 Å². The van der Waals surface area contributed by atoms with Crippen LogP contribution in [0.1, 0.15) is 5.56 Å². The zero-order valence-corrected chi connectivity index (χ0v) is 14.1. The molecule has 1 saturated heterocycles. The smallest absolute Gasteiger partial charge is 0.225 e. The molecule has 1 aromatic heterocycles. The van der Waals surface area contributed by atoms with E-state index < -0.39 is 0 Å². The van der Waals surface area contributed by atoms with Crippen LogP contribution in [0.25, 0.3) is 0 Å². The molecule has 1 aliphatic rings. The maximum Gasteiger partial charge on any atom is 0.225 e. The molecule has 0 spiro atoms. The largest absolute Gasteiger partial charge is 0.492 e. The van der Waals surface area contributed by atoms with Gasteiger partial charge in [0.25, 0.3) is 0 Å². The lowest BCUT2D eigenvalue weighted by atomic mass is 10.1. The molecule has 5 nitrogen and oxygen atoms in total. The van der Waals surface area contributed by atoms with Gasteiger partial charge in [0.05, 0.1) is 6.54 Å². The van der Waals surface area contributed by atoms with Gasteiger partial charge < -0.3 is 15.0 Å². The molecule has 23 heavy (non-hydrogen) atoms. The SMILES string of the molecule is CN(CCOc1ccc(CC2CNCS2)cc1)c1ncccn1. The van der Waals surface area contributed by atoms with Gasteiger partial charge in [-0.25, -0.2) is 9.97 Å². The first kappa shape index (κ1) is 16.1. The van der Waals surface area contributed by atoms with E-state index in [0.717, 1.165) is 31.1 Å². The summed E-state index contributed by atoms with van der Waals surface area (Å²) in [6.45, 7) is 2.46.